The normalized spacial score (nSPS) is 17.7. The summed E-state index contributed by atoms with van der Waals surface area (Å²) in [7, 11) is 0. The Morgan fingerprint density at radius 3 is 2.60 bits per heavy atom. The summed E-state index contributed by atoms with van der Waals surface area (Å²) in [6, 6.07) is 4.30. The summed E-state index contributed by atoms with van der Waals surface area (Å²) in [5.41, 5.74) is 0.0795. The molecule has 1 aliphatic carbocycles. The number of thiol groups is 1. The summed E-state index contributed by atoms with van der Waals surface area (Å²) in [4.78, 5) is 10.2. The van der Waals surface area contributed by atoms with E-state index < -0.39 is 4.92 Å². The van der Waals surface area contributed by atoms with E-state index in [0.717, 1.165) is 18.6 Å². The molecule has 0 N–H and O–H groups in total. The number of benzene rings is 1. The zero-order chi connectivity index (χ0) is 14.6. The molecule has 1 saturated carbocycles. The van der Waals surface area contributed by atoms with Crippen LogP contribution in [-0.4, -0.2) is 17.3 Å². The summed E-state index contributed by atoms with van der Waals surface area (Å²) in [5.74, 6) is 1.29. The third-order valence-electron chi connectivity index (χ3n) is 3.91. The smallest absolute Gasteiger partial charge is 0.271 e. The van der Waals surface area contributed by atoms with Crippen LogP contribution in [0.2, 0.25) is 5.02 Å². The molecule has 1 fully saturated rings. The van der Waals surface area contributed by atoms with Crippen LogP contribution >= 0.6 is 24.2 Å². The molecular weight excluding hydrogens is 298 g/mol. The predicted molar refractivity (Wildman–Crippen MR) is 83.0 cm³/mol. The highest BCUT2D eigenvalue weighted by Gasteiger charge is 2.31. The minimum Gasteiger partial charge on any atom is -0.491 e. The molecule has 1 aliphatic rings. The number of hydrogen-bond acceptors (Lipinski definition) is 4. The van der Waals surface area contributed by atoms with Crippen LogP contribution in [0.25, 0.3) is 0 Å². The number of non-ortho nitro benzene ring substituents is 1. The number of rotatable bonds is 5. The Morgan fingerprint density at radius 1 is 1.35 bits per heavy atom. The number of nitro benzene ring substituents is 1. The van der Waals surface area contributed by atoms with Crippen LogP contribution in [0.5, 0.6) is 5.75 Å². The Morgan fingerprint density at radius 2 is 2.05 bits per heavy atom. The zero-order valence-corrected chi connectivity index (χ0v) is 12.8. The van der Waals surface area contributed by atoms with Crippen molar-refractivity contribution >= 4 is 29.9 Å². The fourth-order valence-corrected chi connectivity index (χ4v) is 3.24. The zero-order valence-electron chi connectivity index (χ0n) is 11.2. The minimum absolute atomic E-state index is 0.0241. The van der Waals surface area contributed by atoms with E-state index in [4.69, 9.17) is 16.3 Å². The van der Waals surface area contributed by atoms with Gasteiger partial charge in [0, 0.05) is 17.5 Å². The van der Waals surface area contributed by atoms with Crippen LogP contribution in [0.15, 0.2) is 18.2 Å². The van der Waals surface area contributed by atoms with E-state index in [2.05, 4.69) is 12.6 Å². The lowest BCUT2D eigenvalue weighted by Crippen LogP contribution is -2.33. The summed E-state index contributed by atoms with van der Waals surface area (Å²) >= 11 is 10.5. The van der Waals surface area contributed by atoms with Crippen molar-refractivity contribution in [1.29, 1.82) is 0 Å². The minimum atomic E-state index is -0.466. The van der Waals surface area contributed by atoms with Crippen molar-refractivity contribution in [1.82, 2.24) is 0 Å². The van der Waals surface area contributed by atoms with Gasteiger partial charge in [-0.1, -0.05) is 30.9 Å². The van der Waals surface area contributed by atoms with Gasteiger partial charge in [0.1, 0.15) is 5.75 Å². The van der Waals surface area contributed by atoms with Gasteiger partial charge in [0.05, 0.1) is 16.6 Å². The Balaban J connectivity index is 2.04. The number of hydrogen-bond donors (Lipinski definition) is 1. The fraction of sp³-hybridized carbons (Fsp3) is 0.571. The second kappa shape index (κ2) is 6.68. The molecule has 0 atom stereocenters. The van der Waals surface area contributed by atoms with E-state index in [0.29, 0.717) is 12.4 Å². The summed E-state index contributed by atoms with van der Waals surface area (Å²) < 4.78 is 5.80. The lowest BCUT2D eigenvalue weighted by molar-refractivity contribution is -0.384. The van der Waals surface area contributed by atoms with Gasteiger partial charge >= 0.3 is 0 Å². The maximum atomic E-state index is 10.7. The molecule has 20 heavy (non-hydrogen) atoms. The summed E-state index contributed by atoms with van der Waals surface area (Å²) in [6.07, 6.45) is 5.91. The molecule has 0 aliphatic heterocycles. The molecule has 0 radical (unpaired) electrons. The molecule has 0 saturated heterocycles. The largest absolute Gasteiger partial charge is 0.491 e. The molecule has 2 rings (SSSR count). The molecule has 110 valence electrons. The lowest BCUT2D eigenvalue weighted by Gasteiger charge is -2.35. The van der Waals surface area contributed by atoms with E-state index in [1.807, 2.05) is 0 Å². The van der Waals surface area contributed by atoms with Gasteiger partial charge in [0.25, 0.3) is 5.69 Å². The predicted octanol–water partition coefficient (Wildman–Crippen LogP) is 4.51. The number of halogens is 1. The maximum Gasteiger partial charge on any atom is 0.271 e. The molecule has 0 unspecified atom stereocenters. The topological polar surface area (TPSA) is 52.4 Å². The first-order chi connectivity index (χ1) is 9.56. The maximum absolute atomic E-state index is 10.7. The van der Waals surface area contributed by atoms with E-state index in [-0.39, 0.29) is 16.1 Å². The van der Waals surface area contributed by atoms with Gasteiger partial charge in [0.2, 0.25) is 0 Å². The quantitative estimate of drug-likeness (QED) is 0.494. The van der Waals surface area contributed by atoms with Crippen molar-refractivity contribution in [2.75, 3.05) is 12.4 Å². The molecule has 0 heterocycles. The van der Waals surface area contributed by atoms with Crippen LogP contribution in [-0.2, 0) is 0 Å². The highest BCUT2D eigenvalue weighted by Crippen LogP contribution is 2.38. The first-order valence-corrected chi connectivity index (χ1v) is 7.75. The molecule has 0 spiro atoms. The van der Waals surface area contributed by atoms with Gasteiger partial charge in [-0.25, -0.2) is 0 Å². The lowest BCUT2D eigenvalue weighted by atomic mass is 9.76. The molecule has 1 aromatic carbocycles. The molecule has 0 bridgehead atoms. The van der Waals surface area contributed by atoms with Crippen LogP contribution < -0.4 is 4.74 Å². The van der Waals surface area contributed by atoms with E-state index in [9.17, 15) is 10.1 Å². The SMILES string of the molecule is O=[N+]([O-])c1ccc(OCC2(CS)CCCCC2)c(Cl)c1. The highest BCUT2D eigenvalue weighted by atomic mass is 35.5. The van der Waals surface area contributed by atoms with Crippen LogP contribution in [0.4, 0.5) is 5.69 Å². The van der Waals surface area contributed by atoms with Gasteiger partial charge in [-0.15, -0.1) is 0 Å². The van der Waals surface area contributed by atoms with Crippen molar-refractivity contribution in [3.8, 4) is 5.75 Å². The van der Waals surface area contributed by atoms with Crippen molar-refractivity contribution in [3.05, 3.63) is 33.3 Å². The molecule has 4 nitrogen and oxygen atoms in total. The van der Waals surface area contributed by atoms with Gasteiger partial charge in [-0.2, -0.15) is 12.6 Å². The third kappa shape index (κ3) is 3.58. The van der Waals surface area contributed by atoms with Gasteiger partial charge in [-0.3, -0.25) is 10.1 Å². The molecule has 0 aromatic heterocycles. The van der Waals surface area contributed by atoms with Gasteiger partial charge in [0.15, 0.2) is 0 Å². The Kier molecular flexibility index (Phi) is 5.16. The molecule has 0 amide bonds. The molecule has 1 aromatic rings. The average molecular weight is 316 g/mol. The molecule has 6 heteroatoms. The second-order valence-electron chi connectivity index (χ2n) is 5.38. The van der Waals surface area contributed by atoms with E-state index >= 15 is 0 Å². The second-order valence-corrected chi connectivity index (χ2v) is 6.10. The summed E-state index contributed by atoms with van der Waals surface area (Å²) in [5, 5.41) is 10.9. The first-order valence-electron chi connectivity index (χ1n) is 6.74. The summed E-state index contributed by atoms with van der Waals surface area (Å²) in [6.45, 7) is 0.564. The fourth-order valence-electron chi connectivity index (χ4n) is 2.60. The van der Waals surface area contributed by atoms with Crippen molar-refractivity contribution in [2.24, 2.45) is 5.41 Å². The standard InChI is InChI=1S/C14H18ClNO3S/c15-12-8-11(16(17)18)4-5-13(12)19-9-14(10-20)6-2-1-3-7-14/h4-5,8,20H,1-3,6-7,9-10H2. The average Bonchev–Trinajstić information content (AvgIpc) is 2.47. The number of ether oxygens (including phenoxy) is 1. The molecular formula is C14H18ClNO3S. The van der Waals surface area contributed by atoms with Crippen LogP contribution in [0.1, 0.15) is 32.1 Å². The van der Waals surface area contributed by atoms with Crippen molar-refractivity contribution < 1.29 is 9.66 Å². The monoisotopic (exact) mass is 315 g/mol. The van der Waals surface area contributed by atoms with Crippen molar-refractivity contribution in [2.45, 2.75) is 32.1 Å². The number of nitro groups is 1. The van der Waals surface area contributed by atoms with Crippen LogP contribution in [0.3, 0.4) is 0 Å². The van der Waals surface area contributed by atoms with Gasteiger partial charge < -0.3 is 4.74 Å². The Bertz CT molecular complexity index is 489. The third-order valence-corrected chi connectivity index (χ3v) is 4.88. The van der Waals surface area contributed by atoms with E-state index in [1.54, 1.807) is 6.07 Å². The number of nitrogens with zero attached hydrogens (tertiary/aromatic N) is 1. The highest BCUT2D eigenvalue weighted by molar-refractivity contribution is 7.80. The van der Waals surface area contributed by atoms with E-state index in [1.165, 1.54) is 31.4 Å². The Labute approximate surface area is 129 Å². The first kappa shape index (κ1) is 15.4. The van der Waals surface area contributed by atoms with Crippen LogP contribution in [0, 0.1) is 15.5 Å². The van der Waals surface area contributed by atoms with Crippen molar-refractivity contribution in [3.63, 3.8) is 0 Å². The Hall–Kier alpha value is -0.940. The van der Waals surface area contributed by atoms with Gasteiger partial charge in [-0.05, 0) is 24.7 Å².